The molecule has 1 saturated heterocycles. The summed E-state index contributed by atoms with van der Waals surface area (Å²) in [5.74, 6) is -1.28. The number of rotatable bonds is 3. The van der Waals surface area contributed by atoms with Crippen molar-refractivity contribution < 1.29 is 30.5 Å². The van der Waals surface area contributed by atoms with E-state index < -0.39 is 27.8 Å². The van der Waals surface area contributed by atoms with Crippen LogP contribution in [0.25, 0.3) is 11.4 Å². The largest absolute Gasteiger partial charge is 0.417 e. The summed E-state index contributed by atoms with van der Waals surface area (Å²) in [7, 11) is -3.77. The predicted octanol–water partition coefficient (Wildman–Crippen LogP) is 2.91. The Morgan fingerprint density at radius 1 is 1.34 bits per heavy atom. The summed E-state index contributed by atoms with van der Waals surface area (Å²) in [6.45, 7) is 2.42. The number of aromatic nitrogens is 2. The van der Waals surface area contributed by atoms with Gasteiger partial charge in [-0.1, -0.05) is 12.1 Å². The topological polar surface area (TPSA) is 102 Å². The molecule has 3 unspecified atom stereocenters. The van der Waals surface area contributed by atoms with E-state index in [4.69, 9.17) is 9.66 Å². The molecule has 158 valence electrons. The van der Waals surface area contributed by atoms with Gasteiger partial charge in [-0.2, -0.15) is 30.9 Å². The maximum absolute atomic E-state index is 13.3. The van der Waals surface area contributed by atoms with Crippen molar-refractivity contribution in [2.75, 3.05) is 13.1 Å². The second-order valence-electron chi connectivity index (χ2n) is 7.69. The molecule has 1 aromatic heterocycles. The average molecular weight is 434 g/mol. The van der Waals surface area contributed by atoms with Crippen LogP contribution in [0.2, 0.25) is 0 Å². The third kappa shape index (κ3) is 3.53. The summed E-state index contributed by atoms with van der Waals surface area (Å²) >= 11 is 0. The summed E-state index contributed by atoms with van der Waals surface area (Å²) in [5.41, 5.74) is -1.79. The molecule has 3 atom stereocenters. The lowest BCUT2D eigenvalue weighted by Gasteiger charge is -2.36. The van der Waals surface area contributed by atoms with Gasteiger partial charge in [-0.25, -0.2) is 9.53 Å². The third-order valence-corrected chi connectivity index (χ3v) is 7.08. The highest BCUT2D eigenvalue weighted by Gasteiger charge is 2.62. The monoisotopic (exact) mass is 434 g/mol. The Kier molecular flexibility index (Phi) is 4.52. The van der Waals surface area contributed by atoms with E-state index in [0.717, 1.165) is 12.1 Å². The zero-order valence-corrected chi connectivity index (χ0v) is 16.1. The van der Waals surface area contributed by atoms with E-state index in [9.17, 15) is 26.0 Å². The van der Waals surface area contributed by atoms with Crippen LogP contribution in [0, 0.1) is 17.2 Å². The van der Waals surface area contributed by atoms with Crippen molar-refractivity contribution in [2.45, 2.75) is 31.9 Å². The number of nitrogens with two attached hydrogens (primary N) is 1. The summed E-state index contributed by atoms with van der Waals surface area (Å²) in [4.78, 5) is 4.14. The van der Waals surface area contributed by atoms with Crippen LogP contribution >= 0.6 is 0 Å². The number of nitrogens with zero attached hydrogens (tertiary/aromatic N) is 3. The van der Waals surface area contributed by atoms with Gasteiger partial charge in [-0.05, 0) is 42.4 Å². The first-order valence-corrected chi connectivity index (χ1v) is 10.4. The summed E-state index contributed by atoms with van der Waals surface area (Å²) in [6.07, 6.45) is -3.56. The SMILES string of the molecule is CC1CN(S(N)(=O)=O)CCC12CC2c1nc(-c2ccc(F)cc2C(F)(F)F)no1. The molecule has 1 saturated carbocycles. The van der Waals surface area contributed by atoms with Crippen molar-refractivity contribution in [1.29, 1.82) is 0 Å². The quantitative estimate of drug-likeness (QED) is 0.749. The highest BCUT2D eigenvalue weighted by Crippen LogP contribution is 2.67. The van der Waals surface area contributed by atoms with Crippen molar-refractivity contribution in [3.05, 3.63) is 35.5 Å². The second kappa shape index (κ2) is 6.47. The minimum absolute atomic E-state index is 0.0357. The van der Waals surface area contributed by atoms with Crippen molar-refractivity contribution in [3.8, 4) is 11.4 Å². The van der Waals surface area contributed by atoms with Gasteiger partial charge in [-0.15, -0.1) is 0 Å². The molecular formula is C17H18F4N4O3S. The zero-order valence-electron chi connectivity index (χ0n) is 15.3. The van der Waals surface area contributed by atoms with Crippen LogP contribution in [0.4, 0.5) is 17.6 Å². The molecule has 12 heteroatoms. The predicted molar refractivity (Wildman–Crippen MR) is 92.9 cm³/mol. The molecule has 2 heterocycles. The Labute approximate surface area is 164 Å². The molecule has 1 spiro atoms. The van der Waals surface area contributed by atoms with Gasteiger partial charge in [0.2, 0.25) is 11.7 Å². The Bertz CT molecular complexity index is 1060. The van der Waals surface area contributed by atoms with Gasteiger partial charge in [0.25, 0.3) is 10.2 Å². The third-order valence-electron chi connectivity index (χ3n) is 6.03. The molecule has 0 amide bonds. The lowest BCUT2D eigenvalue weighted by molar-refractivity contribution is -0.137. The van der Waals surface area contributed by atoms with E-state index in [1.54, 1.807) is 0 Å². The molecule has 0 radical (unpaired) electrons. The maximum Gasteiger partial charge on any atom is 0.417 e. The summed E-state index contributed by atoms with van der Waals surface area (Å²) < 4.78 is 82.6. The first-order valence-electron chi connectivity index (χ1n) is 8.90. The number of hydrogen-bond donors (Lipinski definition) is 1. The molecule has 1 aliphatic carbocycles. The van der Waals surface area contributed by atoms with Gasteiger partial charge in [0, 0.05) is 24.6 Å². The standard InChI is InChI=1S/C17H18F4N4O3S/c1-9-8-25(29(22,26)27)5-4-16(9)7-13(16)15-23-14(24-28-15)11-3-2-10(18)6-12(11)17(19,20)21/h2-3,6,9,13H,4-5,7-8H2,1H3,(H2,22,26,27). The van der Waals surface area contributed by atoms with E-state index in [2.05, 4.69) is 10.1 Å². The lowest BCUT2D eigenvalue weighted by Crippen LogP contribution is -2.46. The molecule has 7 nitrogen and oxygen atoms in total. The molecular weight excluding hydrogens is 416 g/mol. The van der Waals surface area contributed by atoms with Crippen LogP contribution in [-0.4, -0.2) is 36.0 Å². The van der Waals surface area contributed by atoms with Crippen LogP contribution in [0.15, 0.2) is 22.7 Å². The number of piperidine rings is 1. The first-order chi connectivity index (χ1) is 13.4. The number of benzene rings is 1. The van der Waals surface area contributed by atoms with Crippen LogP contribution in [0.5, 0.6) is 0 Å². The van der Waals surface area contributed by atoms with E-state index in [1.165, 1.54) is 4.31 Å². The normalized spacial score (nSPS) is 28.1. The van der Waals surface area contributed by atoms with E-state index in [-0.39, 0.29) is 47.6 Å². The number of halogens is 4. The molecule has 2 aliphatic rings. The fourth-order valence-electron chi connectivity index (χ4n) is 4.30. The lowest BCUT2D eigenvalue weighted by atomic mass is 9.82. The summed E-state index contributed by atoms with van der Waals surface area (Å²) in [5, 5.41) is 8.87. The van der Waals surface area contributed by atoms with Crippen LogP contribution in [-0.2, 0) is 16.4 Å². The molecule has 2 aromatic rings. The Morgan fingerprint density at radius 3 is 2.69 bits per heavy atom. The van der Waals surface area contributed by atoms with Gasteiger partial charge in [0.15, 0.2) is 0 Å². The molecule has 0 bridgehead atoms. The van der Waals surface area contributed by atoms with Gasteiger partial charge in [0.05, 0.1) is 5.56 Å². The van der Waals surface area contributed by atoms with Gasteiger partial charge >= 0.3 is 6.18 Å². The van der Waals surface area contributed by atoms with Gasteiger partial charge < -0.3 is 4.52 Å². The van der Waals surface area contributed by atoms with Crippen LogP contribution in [0.1, 0.15) is 37.1 Å². The van der Waals surface area contributed by atoms with Gasteiger partial charge in [0.1, 0.15) is 5.82 Å². The molecule has 2 N–H and O–H groups in total. The number of hydrogen-bond acceptors (Lipinski definition) is 5. The van der Waals surface area contributed by atoms with E-state index in [0.29, 0.717) is 18.9 Å². The molecule has 2 fully saturated rings. The minimum atomic E-state index is -4.77. The van der Waals surface area contributed by atoms with Crippen LogP contribution < -0.4 is 5.14 Å². The first kappa shape index (κ1) is 20.2. The second-order valence-corrected chi connectivity index (χ2v) is 9.23. The molecule has 1 aliphatic heterocycles. The highest BCUT2D eigenvalue weighted by atomic mass is 32.2. The van der Waals surface area contributed by atoms with Crippen molar-refractivity contribution in [2.24, 2.45) is 16.5 Å². The van der Waals surface area contributed by atoms with Crippen molar-refractivity contribution in [1.82, 2.24) is 14.4 Å². The fraction of sp³-hybridized carbons (Fsp3) is 0.529. The Balaban J connectivity index is 1.58. The van der Waals surface area contributed by atoms with E-state index in [1.807, 2.05) is 6.92 Å². The van der Waals surface area contributed by atoms with Gasteiger partial charge in [-0.3, -0.25) is 0 Å². The fourth-order valence-corrected chi connectivity index (χ4v) is 5.07. The van der Waals surface area contributed by atoms with Crippen molar-refractivity contribution in [3.63, 3.8) is 0 Å². The zero-order chi connectivity index (χ0) is 21.2. The average Bonchev–Trinajstić information content (AvgIpc) is 3.12. The van der Waals surface area contributed by atoms with Crippen LogP contribution in [0.3, 0.4) is 0 Å². The maximum atomic E-state index is 13.3. The Hall–Kier alpha value is -2.05. The Morgan fingerprint density at radius 2 is 2.07 bits per heavy atom. The molecule has 29 heavy (non-hydrogen) atoms. The van der Waals surface area contributed by atoms with Crippen molar-refractivity contribution >= 4 is 10.2 Å². The van der Waals surface area contributed by atoms with E-state index >= 15 is 0 Å². The molecule has 1 aromatic carbocycles. The highest BCUT2D eigenvalue weighted by molar-refractivity contribution is 7.86. The summed E-state index contributed by atoms with van der Waals surface area (Å²) in [6, 6.07) is 2.28. The number of alkyl halides is 3. The smallest absolute Gasteiger partial charge is 0.339 e. The molecule has 4 rings (SSSR count). The minimum Gasteiger partial charge on any atom is -0.339 e.